The number of halogens is 2. The third-order valence-corrected chi connectivity index (χ3v) is 5.09. The Morgan fingerprint density at radius 1 is 1.27 bits per heavy atom. The highest BCUT2D eigenvalue weighted by atomic mass is 19.1. The number of piperidine rings is 3. The Balaban J connectivity index is 1.34. The number of fused-ring (bicyclic) bond motifs is 3. The van der Waals surface area contributed by atoms with Crippen LogP contribution in [-0.4, -0.2) is 46.3 Å². The number of nitrogens with zero attached hydrogens (tertiary/aromatic N) is 3. The lowest BCUT2D eigenvalue weighted by Crippen LogP contribution is -2.57. The molecule has 138 valence electrons. The third kappa shape index (κ3) is 3.55. The molecule has 1 unspecified atom stereocenters. The van der Waals surface area contributed by atoms with Crippen molar-refractivity contribution in [3.05, 3.63) is 47.8 Å². The largest absolute Gasteiger partial charge is 0.468 e. The van der Waals surface area contributed by atoms with Crippen LogP contribution in [0.5, 0.6) is 5.75 Å². The second-order valence-electron chi connectivity index (χ2n) is 6.81. The Morgan fingerprint density at radius 3 is 2.77 bits per heavy atom. The van der Waals surface area contributed by atoms with Gasteiger partial charge < -0.3 is 15.0 Å². The van der Waals surface area contributed by atoms with E-state index in [1.54, 1.807) is 12.3 Å². The van der Waals surface area contributed by atoms with Crippen LogP contribution >= 0.6 is 0 Å². The Bertz CT molecular complexity index is 802. The number of aromatic nitrogens is 2. The van der Waals surface area contributed by atoms with E-state index in [2.05, 4.69) is 15.3 Å². The van der Waals surface area contributed by atoms with E-state index in [0.29, 0.717) is 11.6 Å². The molecule has 0 spiro atoms. The van der Waals surface area contributed by atoms with Gasteiger partial charge in [-0.1, -0.05) is 0 Å². The molecule has 4 heterocycles. The molecule has 0 aliphatic carbocycles. The average Bonchev–Trinajstić information content (AvgIpc) is 3.11. The maximum absolute atomic E-state index is 13.6. The highest BCUT2D eigenvalue weighted by molar-refractivity contribution is 5.92. The number of nitrogens with one attached hydrogen (secondary N) is 1. The van der Waals surface area contributed by atoms with Gasteiger partial charge in [-0.25, -0.2) is 13.5 Å². The Labute approximate surface area is 149 Å². The summed E-state index contributed by atoms with van der Waals surface area (Å²) in [5.74, 6) is -1.19. The summed E-state index contributed by atoms with van der Waals surface area (Å²) >= 11 is 0. The molecule has 3 fully saturated rings. The molecule has 3 aliphatic heterocycles. The van der Waals surface area contributed by atoms with Crippen molar-refractivity contribution < 1.29 is 18.3 Å². The lowest BCUT2D eigenvalue weighted by atomic mass is 9.84. The predicted molar refractivity (Wildman–Crippen MR) is 89.6 cm³/mol. The fraction of sp³-hybridized carbons (Fsp3) is 0.444. The minimum absolute atomic E-state index is 0.0693. The van der Waals surface area contributed by atoms with E-state index in [4.69, 9.17) is 4.74 Å². The van der Waals surface area contributed by atoms with E-state index >= 15 is 0 Å². The summed E-state index contributed by atoms with van der Waals surface area (Å²) in [4.78, 5) is 14.8. The molecule has 1 aromatic carbocycles. The van der Waals surface area contributed by atoms with Crippen LogP contribution in [0.4, 0.5) is 8.78 Å². The van der Waals surface area contributed by atoms with Crippen LogP contribution in [0.25, 0.3) is 0 Å². The summed E-state index contributed by atoms with van der Waals surface area (Å²) in [6.45, 7) is 3.05. The molecule has 0 radical (unpaired) electrons. The summed E-state index contributed by atoms with van der Waals surface area (Å²) in [6, 6.07) is 4.86. The van der Waals surface area contributed by atoms with Crippen LogP contribution < -0.4 is 10.1 Å². The summed E-state index contributed by atoms with van der Waals surface area (Å²) in [7, 11) is 0. The van der Waals surface area contributed by atoms with Gasteiger partial charge in [-0.3, -0.25) is 4.79 Å². The van der Waals surface area contributed by atoms with Crippen molar-refractivity contribution in [2.75, 3.05) is 19.6 Å². The van der Waals surface area contributed by atoms with Crippen LogP contribution in [0, 0.1) is 17.6 Å². The second-order valence-corrected chi connectivity index (χ2v) is 6.81. The minimum Gasteiger partial charge on any atom is -0.468 e. The number of carbonyl (C=O) groups excluding carboxylic acids is 1. The lowest BCUT2D eigenvalue weighted by molar-refractivity contribution is 0.0617. The first-order valence-electron chi connectivity index (χ1n) is 8.73. The van der Waals surface area contributed by atoms with E-state index in [-0.39, 0.29) is 24.4 Å². The van der Waals surface area contributed by atoms with Crippen LogP contribution in [0.15, 0.2) is 30.5 Å². The van der Waals surface area contributed by atoms with Gasteiger partial charge in [0, 0.05) is 24.8 Å². The molecule has 1 N–H and O–H groups in total. The molecule has 1 amide bonds. The normalized spacial score (nSPS) is 24.5. The van der Waals surface area contributed by atoms with Gasteiger partial charge in [0.15, 0.2) is 18.3 Å². The summed E-state index contributed by atoms with van der Waals surface area (Å²) < 4.78 is 33.1. The maximum atomic E-state index is 13.6. The van der Waals surface area contributed by atoms with Crippen LogP contribution in [-0.2, 0) is 6.73 Å². The molecule has 1 atom stereocenters. The third-order valence-electron chi connectivity index (χ3n) is 5.09. The monoisotopic (exact) mass is 362 g/mol. The second kappa shape index (κ2) is 7.03. The average molecular weight is 362 g/mol. The molecule has 3 aliphatic rings. The van der Waals surface area contributed by atoms with E-state index in [0.717, 1.165) is 44.6 Å². The number of hydrogen-bond donors (Lipinski definition) is 1. The first-order chi connectivity index (χ1) is 12.6. The number of carbonyl (C=O) groups is 1. The molecule has 2 bridgehead atoms. The number of hydrogen-bond acceptors (Lipinski definition) is 4. The van der Waals surface area contributed by atoms with Gasteiger partial charge >= 0.3 is 0 Å². The smallest absolute Gasteiger partial charge is 0.272 e. The van der Waals surface area contributed by atoms with E-state index in [1.807, 2.05) is 0 Å². The van der Waals surface area contributed by atoms with Crippen LogP contribution in [0.3, 0.4) is 0 Å². The topological polar surface area (TPSA) is 59.4 Å². The molecular weight excluding hydrogens is 342 g/mol. The molecular formula is C18H20F2N4O2. The maximum Gasteiger partial charge on any atom is 0.272 e. The van der Waals surface area contributed by atoms with Gasteiger partial charge in [-0.2, -0.15) is 5.10 Å². The first kappa shape index (κ1) is 17.0. The Morgan fingerprint density at radius 2 is 2.08 bits per heavy atom. The molecule has 3 saturated heterocycles. The van der Waals surface area contributed by atoms with Crippen molar-refractivity contribution >= 4 is 5.91 Å². The zero-order valence-electron chi connectivity index (χ0n) is 14.2. The van der Waals surface area contributed by atoms with Crippen molar-refractivity contribution in [3.8, 4) is 5.75 Å². The van der Waals surface area contributed by atoms with Crippen LogP contribution in [0.1, 0.15) is 23.3 Å². The van der Waals surface area contributed by atoms with Crippen molar-refractivity contribution in [2.24, 2.45) is 5.92 Å². The number of benzene rings is 1. The van der Waals surface area contributed by atoms with E-state index in [9.17, 15) is 13.6 Å². The van der Waals surface area contributed by atoms with Crippen molar-refractivity contribution in [3.63, 3.8) is 0 Å². The number of amides is 1. The minimum atomic E-state index is -0.780. The zero-order valence-corrected chi connectivity index (χ0v) is 14.2. The molecule has 5 rings (SSSR count). The van der Waals surface area contributed by atoms with Gasteiger partial charge in [-0.15, -0.1) is 0 Å². The lowest BCUT2D eigenvalue weighted by Gasteiger charge is -2.44. The molecule has 8 heteroatoms. The standard InChI is InChI=1S/C18H20F2N4O2/c19-13-1-2-17(14(20)9-13)26-11-24-8-5-15(22-24)18(25)21-16-10-23-6-3-12(16)4-7-23/h1-2,5,8-9,12,16H,3-4,6-7,10-11H2,(H,21,25). The summed E-state index contributed by atoms with van der Waals surface area (Å²) in [5.41, 5.74) is 0.296. The summed E-state index contributed by atoms with van der Waals surface area (Å²) in [6.07, 6.45) is 3.83. The Hall–Kier alpha value is -2.48. The van der Waals surface area contributed by atoms with Gasteiger partial charge in [0.1, 0.15) is 11.5 Å². The van der Waals surface area contributed by atoms with Gasteiger partial charge in [0.05, 0.1) is 0 Å². The highest BCUT2D eigenvalue weighted by Crippen LogP contribution is 2.27. The zero-order chi connectivity index (χ0) is 18.1. The summed E-state index contributed by atoms with van der Waals surface area (Å²) in [5, 5.41) is 7.24. The van der Waals surface area contributed by atoms with Crippen molar-refractivity contribution in [1.82, 2.24) is 20.0 Å². The Kier molecular flexibility index (Phi) is 4.58. The van der Waals surface area contributed by atoms with Gasteiger partial charge in [0.2, 0.25) is 0 Å². The van der Waals surface area contributed by atoms with Crippen molar-refractivity contribution in [2.45, 2.75) is 25.6 Å². The van der Waals surface area contributed by atoms with Crippen LogP contribution in [0.2, 0.25) is 0 Å². The SMILES string of the molecule is O=C(NC1CN2CCC1CC2)c1ccn(COc2ccc(F)cc2F)n1. The van der Waals surface area contributed by atoms with E-state index in [1.165, 1.54) is 10.7 Å². The fourth-order valence-corrected chi connectivity index (χ4v) is 3.65. The van der Waals surface area contributed by atoms with E-state index < -0.39 is 11.6 Å². The molecule has 6 nitrogen and oxygen atoms in total. The van der Waals surface area contributed by atoms with Gasteiger partial charge in [-0.05, 0) is 50.0 Å². The fourth-order valence-electron chi connectivity index (χ4n) is 3.65. The van der Waals surface area contributed by atoms with Crippen molar-refractivity contribution in [1.29, 1.82) is 0 Å². The molecule has 1 aromatic heterocycles. The molecule has 2 aromatic rings. The quantitative estimate of drug-likeness (QED) is 0.884. The highest BCUT2D eigenvalue weighted by Gasteiger charge is 2.35. The molecule has 0 saturated carbocycles. The number of ether oxygens (including phenoxy) is 1. The number of rotatable bonds is 5. The first-order valence-corrected chi connectivity index (χ1v) is 8.73. The van der Waals surface area contributed by atoms with Gasteiger partial charge in [0.25, 0.3) is 5.91 Å². The predicted octanol–water partition coefficient (Wildman–Crippen LogP) is 2.02. The molecule has 26 heavy (non-hydrogen) atoms.